The van der Waals surface area contributed by atoms with Crippen LogP contribution in [0.3, 0.4) is 0 Å². The van der Waals surface area contributed by atoms with E-state index < -0.39 is 51.2 Å². The third kappa shape index (κ3) is 15.7. The maximum Gasteiger partial charge on any atom is 0.303 e. The minimum Gasteiger partial charge on any atom is -0.481 e. The van der Waals surface area contributed by atoms with E-state index in [-0.39, 0.29) is 66.9 Å². The van der Waals surface area contributed by atoms with Gasteiger partial charge in [0.05, 0.1) is 10.3 Å². The lowest BCUT2D eigenvalue weighted by molar-refractivity contribution is -0.438. The number of ketones is 1. The average molecular weight is 987 g/mol. The van der Waals surface area contributed by atoms with Crippen LogP contribution in [0.4, 0.5) is 11.4 Å². The molecule has 17 heteroatoms. The number of nitrogens with zero attached hydrogens (tertiary/aromatic N) is 2. The first-order chi connectivity index (χ1) is 33.0. The molecule has 0 aliphatic carbocycles. The number of aliphatic carboxylic acids is 2. The van der Waals surface area contributed by atoms with Crippen LogP contribution >= 0.6 is 0 Å². The van der Waals surface area contributed by atoms with Gasteiger partial charge < -0.3 is 31.5 Å². The van der Waals surface area contributed by atoms with E-state index in [9.17, 15) is 41.7 Å². The molecule has 0 bridgehead atoms. The number of nitrogens with two attached hydrogens (primary N) is 1. The molecule has 2 aromatic rings. The second kappa shape index (κ2) is 25.6. The molecule has 0 fully saturated rings. The number of fused-ring (bicyclic) bond motifs is 2. The van der Waals surface area contributed by atoms with E-state index >= 15 is 0 Å². The molecule has 2 aliphatic rings. The summed E-state index contributed by atoms with van der Waals surface area (Å²) in [5.74, 6) is -5.24. The topological polar surface area (TPSA) is 254 Å². The summed E-state index contributed by atoms with van der Waals surface area (Å²) in [6.45, 7) is 14.6. The van der Waals surface area contributed by atoms with Crippen molar-refractivity contribution in [1.29, 1.82) is 0 Å². The van der Waals surface area contributed by atoms with Crippen LogP contribution in [0.25, 0.3) is 0 Å². The highest BCUT2D eigenvalue weighted by Crippen LogP contribution is 2.48. The Morgan fingerprint density at radius 3 is 2.16 bits per heavy atom. The number of hydrogen-bond donors (Lipinski definition) is 6. The first kappa shape index (κ1) is 56.4. The van der Waals surface area contributed by atoms with Crippen molar-refractivity contribution in [3.63, 3.8) is 0 Å². The van der Waals surface area contributed by atoms with E-state index in [2.05, 4.69) is 78.2 Å². The molecule has 2 atom stereocenters. The van der Waals surface area contributed by atoms with E-state index in [1.165, 1.54) is 34.6 Å². The van der Waals surface area contributed by atoms with Gasteiger partial charge in [0.2, 0.25) is 23.4 Å². The van der Waals surface area contributed by atoms with Crippen molar-refractivity contribution in [1.82, 2.24) is 10.6 Å². The number of primary amides is 1. The molecule has 2 aromatic carbocycles. The fourth-order valence-electron chi connectivity index (χ4n) is 9.21. The van der Waals surface area contributed by atoms with Crippen molar-refractivity contribution in [2.45, 2.75) is 147 Å². The van der Waals surface area contributed by atoms with Gasteiger partial charge in [0.25, 0.3) is 10.1 Å². The van der Waals surface area contributed by atoms with Gasteiger partial charge in [-0.25, -0.2) is 0 Å². The summed E-state index contributed by atoms with van der Waals surface area (Å²) >= 11 is 0. The number of Topliss-reactive ketones (excluding diaryl/α,β-unsaturated/α-hetero) is 1. The standard InChI is InChI=1S/C53H71N5O11S/c1-7-57-43-28-25-36(2)33-40(43)52(3,4)45(57)21-12-9-8-10-13-22-46-53(5,6)41-35-39(70(67,68)69)27-29-44(41)58(46)32-17-11-14-23-47(60)55-31-16-15-20-42(50(54)65)56-51(66)37(26-30-49(63)64)34-38(59)19-18-24-48(61)62/h8-10,12-13,21-22,25,27-29,33,35,37,42H,7,11,14-20,23-24,26,30-32,34H2,1-6H3,(H6-,54,55,56,60,61,62,63,64,65,66,67,68,69)/p+1/t37-,42+/m0/s1. The first-order valence-electron chi connectivity index (χ1n) is 24.2. The van der Waals surface area contributed by atoms with Crippen LogP contribution in [-0.4, -0.2) is 94.6 Å². The highest BCUT2D eigenvalue weighted by Gasteiger charge is 2.45. The Morgan fingerprint density at radius 2 is 1.49 bits per heavy atom. The second-order valence-corrected chi connectivity index (χ2v) is 20.5. The summed E-state index contributed by atoms with van der Waals surface area (Å²) in [5, 5.41) is 23.4. The largest absolute Gasteiger partial charge is 0.481 e. The monoisotopic (exact) mass is 986 g/mol. The number of allylic oxidation sites excluding steroid dienone is 8. The van der Waals surface area contributed by atoms with Gasteiger partial charge in [0.15, 0.2) is 5.71 Å². The van der Waals surface area contributed by atoms with Crippen molar-refractivity contribution in [3.8, 4) is 0 Å². The van der Waals surface area contributed by atoms with Gasteiger partial charge >= 0.3 is 11.9 Å². The Morgan fingerprint density at radius 1 is 0.786 bits per heavy atom. The van der Waals surface area contributed by atoms with Crippen molar-refractivity contribution in [3.05, 3.63) is 101 Å². The Kier molecular flexibility index (Phi) is 20.6. The van der Waals surface area contributed by atoms with E-state index in [0.29, 0.717) is 38.8 Å². The molecule has 0 unspecified atom stereocenters. The summed E-state index contributed by atoms with van der Waals surface area (Å²) in [7, 11) is -4.43. The molecule has 0 aromatic heterocycles. The van der Waals surface area contributed by atoms with Gasteiger partial charge in [0, 0.05) is 92.0 Å². The van der Waals surface area contributed by atoms with Crippen molar-refractivity contribution in [2.75, 3.05) is 24.5 Å². The fourth-order valence-corrected chi connectivity index (χ4v) is 9.71. The molecule has 70 heavy (non-hydrogen) atoms. The van der Waals surface area contributed by atoms with Crippen molar-refractivity contribution in [2.24, 2.45) is 11.7 Å². The van der Waals surface area contributed by atoms with Gasteiger partial charge in [-0.1, -0.05) is 61.9 Å². The number of anilines is 1. The molecule has 2 aliphatic heterocycles. The molecule has 16 nitrogen and oxygen atoms in total. The predicted molar refractivity (Wildman–Crippen MR) is 270 cm³/mol. The van der Waals surface area contributed by atoms with Gasteiger partial charge in [-0.3, -0.25) is 33.3 Å². The number of nitrogens with one attached hydrogen (secondary N) is 2. The van der Waals surface area contributed by atoms with E-state index in [1.807, 2.05) is 44.2 Å². The Balaban J connectivity index is 1.30. The van der Waals surface area contributed by atoms with Gasteiger partial charge in [-0.2, -0.15) is 13.0 Å². The smallest absolute Gasteiger partial charge is 0.303 e. The van der Waals surface area contributed by atoms with E-state index in [0.717, 1.165) is 36.3 Å². The molecule has 0 spiro atoms. The van der Waals surface area contributed by atoms with Crippen LogP contribution in [0.1, 0.15) is 135 Å². The van der Waals surface area contributed by atoms with Crippen LogP contribution < -0.4 is 21.3 Å². The highest BCUT2D eigenvalue weighted by molar-refractivity contribution is 7.85. The number of carboxylic acids is 2. The average Bonchev–Trinajstić information content (AvgIpc) is 3.62. The Hall–Kier alpha value is -6.20. The lowest BCUT2D eigenvalue weighted by Crippen LogP contribution is -2.47. The summed E-state index contributed by atoms with van der Waals surface area (Å²) in [5.41, 5.74) is 12.4. The molecule has 380 valence electrons. The number of amides is 3. The number of carboxylic acid groups (broad SMARTS) is 2. The number of rotatable bonds is 29. The molecule has 0 radical (unpaired) electrons. The molecular weight excluding hydrogens is 915 g/mol. The number of hydrogen-bond acceptors (Lipinski definition) is 9. The van der Waals surface area contributed by atoms with Crippen molar-refractivity contribution < 1.29 is 56.5 Å². The second-order valence-electron chi connectivity index (χ2n) is 19.1. The number of carbonyl (C=O) groups excluding carboxylic acids is 4. The lowest BCUT2D eigenvalue weighted by Gasteiger charge is -2.25. The number of unbranched alkanes of at least 4 members (excludes halogenated alkanes) is 3. The van der Waals surface area contributed by atoms with E-state index in [4.69, 9.17) is 15.9 Å². The van der Waals surface area contributed by atoms with Crippen LogP contribution in [0.2, 0.25) is 0 Å². The predicted octanol–water partition coefficient (Wildman–Crippen LogP) is 7.50. The SMILES string of the molecule is CCN1C(=CC=CC=CC=CC2=[N+](CCCCCC(=O)NCCCC[C@@H](NC(=O)[C@@H](CCC(=O)O)CC(=O)CCCC(=O)O)C(N)=O)c3ccc(S(=O)(=O)O)cc3C2(C)C)C(C)(C)c2cc(C)ccc21. The van der Waals surface area contributed by atoms with E-state index in [1.54, 1.807) is 6.07 Å². The maximum absolute atomic E-state index is 13.0. The van der Waals surface area contributed by atoms with Gasteiger partial charge in [-0.15, -0.1) is 0 Å². The molecular formula is C53H72N5O11S+. The zero-order valence-electron chi connectivity index (χ0n) is 41.5. The zero-order chi connectivity index (χ0) is 51.8. The summed E-state index contributed by atoms with van der Waals surface area (Å²) < 4.78 is 36.3. The van der Waals surface area contributed by atoms with Gasteiger partial charge in [0.1, 0.15) is 18.4 Å². The van der Waals surface area contributed by atoms with Crippen LogP contribution in [-0.2, 0) is 49.7 Å². The molecule has 2 heterocycles. The van der Waals surface area contributed by atoms with Crippen LogP contribution in [0.15, 0.2) is 89.5 Å². The van der Waals surface area contributed by atoms with Crippen LogP contribution in [0.5, 0.6) is 0 Å². The maximum atomic E-state index is 13.0. The molecule has 4 rings (SSSR count). The Labute approximate surface area is 412 Å². The summed E-state index contributed by atoms with van der Waals surface area (Å²) in [6.07, 6.45) is 16.6. The minimum atomic E-state index is -4.43. The number of aryl methyl sites for hydroxylation is 1. The zero-order valence-corrected chi connectivity index (χ0v) is 42.3. The van der Waals surface area contributed by atoms with Crippen LogP contribution in [0, 0.1) is 12.8 Å². The summed E-state index contributed by atoms with van der Waals surface area (Å²) in [4.78, 5) is 74.6. The molecule has 0 saturated carbocycles. The van der Waals surface area contributed by atoms with Gasteiger partial charge in [-0.05, 0) is 102 Å². The molecule has 7 N–H and O–H groups in total. The number of benzene rings is 2. The minimum absolute atomic E-state index is 0.0759. The quantitative estimate of drug-likeness (QED) is 0.0201. The highest BCUT2D eigenvalue weighted by atomic mass is 32.2. The molecule has 3 amide bonds. The first-order valence-corrected chi connectivity index (χ1v) is 25.6. The Bertz CT molecular complexity index is 2540. The third-order valence-corrected chi connectivity index (χ3v) is 13.9. The van der Waals surface area contributed by atoms with Crippen molar-refractivity contribution >= 4 is 62.6 Å². The third-order valence-electron chi connectivity index (χ3n) is 13.1. The number of likely N-dealkylation sites (N-methyl/N-ethyl adjacent to an activating group) is 1. The normalized spacial score (nSPS) is 16.5. The summed E-state index contributed by atoms with van der Waals surface area (Å²) in [6, 6.07) is 10.2. The fraction of sp³-hybridized carbons (Fsp3) is 0.491. The lowest BCUT2D eigenvalue weighted by atomic mass is 9.81. The molecule has 0 saturated heterocycles. The number of carbonyl (C=O) groups is 6.